The third-order valence-electron chi connectivity index (χ3n) is 2.37. The number of ether oxygens (including phenoxy) is 2. The highest BCUT2D eigenvalue weighted by molar-refractivity contribution is 7.13. The van der Waals surface area contributed by atoms with E-state index >= 15 is 0 Å². The number of aromatic nitrogens is 3. The van der Waals surface area contributed by atoms with Crippen LogP contribution in [-0.2, 0) is 9.47 Å². The zero-order chi connectivity index (χ0) is 10.8. The molecule has 1 unspecified atom stereocenters. The molecule has 0 spiro atoms. The maximum atomic E-state index is 5.54. The van der Waals surface area contributed by atoms with Crippen molar-refractivity contribution in [1.29, 1.82) is 0 Å². The molecular formula is C10H11N3O2S. The number of nitrogens with one attached hydrogen (secondary N) is 1. The van der Waals surface area contributed by atoms with Crippen molar-refractivity contribution in [3.63, 3.8) is 0 Å². The van der Waals surface area contributed by atoms with Crippen LogP contribution in [0.15, 0.2) is 17.5 Å². The lowest BCUT2D eigenvalue weighted by Crippen LogP contribution is -2.22. The standard InChI is InChI=1S/C10H11N3O2S/c1-2-8(16-5-1)10-11-9(12-13-10)7-6-14-3-4-15-7/h1-2,5,7H,3-4,6H2,(H,11,12,13). The second-order valence-electron chi connectivity index (χ2n) is 3.46. The van der Waals surface area contributed by atoms with Crippen molar-refractivity contribution in [2.45, 2.75) is 6.10 Å². The molecule has 0 amide bonds. The smallest absolute Gasteiger partial charge is 0.191 e. The number of rotatable bonds is 2. The number of hydrogen-bond donors (Lipinski definition) is 1. The van der Waals surface area contributed by atoms with E-state index in [4.69, 9.17) is 9.47 Å². The average molecular weight is 237 g/mol. The Bertz CT molecular complexity index is 448. The lowest BCUT2D eigenvalue weighted by molar-refractivity contribution is -0.0933. The van der Waals surface area contributed by atoms with Gasteiger partial charge in [-0.3, -0.25) is 5.10 Å². The first-order valence-electron chi connectivity index (χ1n) is 5.09. The number of thiophene rings is 1. The molecular weight excluding hydrogens is 226 g/mol. The van der Waals surface area contributed by atoms with Crippen molar-refractivity contribution in [2.75, 3.05) is 19.8 Å². The fourth-order valence-electron chi connectivity index (χ4n) is 1.58. The first-order valence-corrected chi connectivity index (χ1v) is 5.97. The fraction of sp³-hybridized carbons (Fsp3) is 0.400. The Morgan fingerprint density at radius 3 is 3.19 bits per heavy atom. The lowest BCUT2D eigenvalue weighted by atomic mass is 10.3. The van der Waals surface area contributed by atoms with Crippen LogP contribution in [-0.4, -0.2) is 35.0 Å². The molecule has 1 N–H and O–H groups in total. The molecule has 0 saturated carbocycles. The van der Waals surface area contributed by atoms with Gasteiger partial charge in [0, 0.05) is 0 Å². The lowest BCUT2D eigenvalue weighted by Gasteiger charge is -2.20. The zero-order valence-electron chi connectivity index (χ0n) is 8.55. The first-order chi connectivity index (χ1) is 7.93. The predicted molar refractivity (Wildman–Crippen MR) is 59.2 cm³/mol. The topological polar surface area (TPSA) is 60.0 Å². The Hall–Kier alpha value is -1.24. The van der Waals surface area contributed by atoms with Crippen LogP contribution < -0.4 is 0 Å². The van der Waals surface area contributed by atoms with Crippen molar-refractivity contribution < 1.29 is 9.47 Å². The van der Waals surface area contributed by atoms with Crippen molar-refractivity contribution in [1.82, 2.24) is 15.2 Å². The Kier molecular flexibility index (Phi) is 2.69. The largest absolute Gasteiger partial charge is 0.376 e. The van der Waals surface area contributed by atoms with Gasteiger partial charge >= 0.3 is 0 Å². The number of nitrogens with zero attached hydrogens (tertiary/aromatic N) is 2. The molecule has 0 aromatic carbocycles. The SMILES string of the molecule is c1csc(-c2n[nH]c(C3COCCO3)n2)c1. The summed E-state index contributed by atoms with van der Waals surface area (Å²) in [4.78, 5) is 5.47. The third-order valence-corrected chi connectivity index (χ3v) is 3.23. The molecule has 0 bridgehead atoms. The van der Waals surface area contributed by atoms with Crippen LogP contribution in [0.25, 0.3) is 10.7 Å². The second kappa shape index (κ2) is 4.32. The number of aromatic amines is 1. The van der Waals surface area contributed by atoms with E-state index < -0.39 is 0 Å². The van der Waals surface area contributed by atoms with Crippen molar-refractivity contribution >= 4 is 11.3 Å². The highest BCUT2D eigenvalue weighted by Crippen LogP contribution is 2.23. The number of hydrogen-bond acceptors (Lipinski definition) is 5. The van der Waals surface area contributed by atoms with Crippen molar-refractivity contribution in [2.24, 2.45) is 0 Å². The maximum absolute atomic E-state index is 5.54. The monoisotopic (exact) mass is 237 g/mol. The summed E-state index contributed by atoms with van der Waals surface area (Å²) >= 11 is 1.62. The van der Waals surface area contributed by atoms with Gasteiger partial charge in [-0.2, -0.15) is 5.10 Å². The van der Waals surface area contributed by atoms with Crippen LogP contribution in [0.3, 0.4) is 0 Å². The van der Waals surface area contributed by atoms with Gasteiger partial charge in [0.15, 0.2) is 11.6 Å². The Morgan fingerprint density at radius 2 is 2.44 bits per heavy atom. The average Bonchev–Trinajstić information content (AvgIpc) is 3.01. The second-order valence-corrected chi connectivity index (χ2v) is 4.40. The van der Waals surface area contributed by atoms with Gasteiger partial charge in [-0.05, 0) is 11.4 Å². The molecule has 1 aliphatic heterocycles. The van der Waals surface area contributed by atoms with Gasteiger partial charge in [-0.1, -0.05) is 6.07 Å². The van der Waals surface area contributed by atoms with Gasteiger partial charge in [-0.25, -0.2) is 4.98 Å². The minimum absolute atomic E-state index is 0.116. The van der Waals surface area contributed by atoms with Crippen molar-refractivity contribution in [3.05, 3.63) is 23.3 Å². The van der Waals surface area contributed by atoms with E-state index in [2.05, 4.69) is 15.2 Å². The molecule has 1 aliphatic rings. The van der Waals surface area contributed by atoms with E-state index in [9.17, 15) is 0 Å². The molecule has 1 atom stereocenters. The van der Waals surface area contributed by atoms with Crippen molar-refractivity contribution in [3.8, 4) is 10.7 Å². The van der Waals surface area contributed by atoms with Gasteiger partial charge in [0.1, 0.15) is 6.10 Å². The van der Waals surface area contributed by atoms with Crippen LogP contribution in [0.4, 0.5) is 0 Å². The summed E-state index contributed by atoms with van der Waals surface area (Å²) in [6, 6.07) is 3.98. The minimum Gasteiger partial charge on any atom is -0.376 e. The van der Waals surface area contributed by atoms with E-state index in [1.807, 2.05) is 17.5 Å². The molecule has 1 saturated heterocycles. The molecule has 3 heterocycles. The van der Waals surface area contributed by atoms with Crippen LogP contribution in [0, 0.1) is 0 Å². The Morgan fingerprint density at radius 1 is 1.44 bits per heavy atom. The zero-order valence-corrected chi connectivity index (χ0v) is 9.37. The molecule has 0 radical (unpaired) electrons. The normalized spacial score (nSPS) is 21.1. The highest BCUT2D eigenvalue weighted by Gasteiger charge is 2.20. The van der Waals surface area contributed by atoms with E-state index in [0.717, 1.165) is 16.5 Å². The molecule has 3 rings (SSSR count). The van der Waals surface area contributed by atoms with E-state index in [0.29, 0.717) is 19.8 Å². The van der Waals surface area contributed by atoms with E-state index in [-0.39, 0.29) is 6.10 Å². The molecule has 1 fully saturated rings. The summed E-state index contributed by atoms with van der Waals surface area (Å²) < 4.78 is 10.9. The fourth-order valence-corrected chi connectivity index (χ4v) is 2.24. The van der Waals surface area contributed by atoms with Crippen LogP contribution in [0.1, 0.15) is 11.9 Å². The Labute approximate surface area is 96.4 Å². The van der Waals surface area contributed by atoms with Gasteiger partial charge in [-0.15, -0.1) is 11.3 Å². The van der Waals surface area contributed by atoms with Crippen LogP contribution in [0.2, 0.25) is 0 Å². The summed E-state index contributed by atoms with van der Waals surface area (Å²) in [6.07, 6.45) is -0.116. The third kappa shape index (κ3) is 1.87. The van der Waals surface area contributed by atoms with Crippen LogP contribution >= 0.6 is 11.3 Å². The predicted octanol–water partition coefficient (Wildman–Crippen LogP) is 1.62. The molecule has 2 aromatic rings. The minimum atomic E-state index is -0.116. The first kappa shape index (κ1) is 9.95. The summed E-state index contributed by atoms with van der Waals surface area (Å²) in [6.45, 7) is 1.81. The van der Waals surface area contributed by atoms with Gasteiger partial charge < -0.3 is 9.47 Å². The van der Waals surface area contributed by atoms with E-state index in [1.165, 1.54) is 0 Å². The summed E-state index contributed by atoms with van der Waals surface area (Å²) in [5, 5.41) is 9.08. The number of H-pyrrole nitrogens is 1. The maximum Gasteiger partial charge on any atom is 0.191 e. The van der Waals surface area contributed by atoms with Gasteiger partial charge in [0.25, 0.3) is 0 Å². The highest BCUT2D eigenvalue weighted by atomic mass is 32.1. The molecule has 2 aromatic heterocycles. The van der Waals surface area contributed by atoms with Gasteiger partial charge in [0.2, 0.25) is 0 Å². The molecule has 0 aliphatic carbocycles. The molecule has 16 heavy (non-hydrogen) atoms. The molecule has 84 valence electrons. The van der Waals surface area contributed by atoms with E-state index in [1.54, 1.807) is 11.3 Å². The summed E-state index contributed by atoms with van der Waals surface area (Å²) in [7, 11) is 0. The molecule has 6 heteroatoms. The summed E-state index contributed by atoms with van der Waals surface area (Å²) in [5.74, 6) is 1.46. The van der Waals surface area contributed by atoms with Gasteiger partial charge in [0.05, 0.1) is 24.7 Å². The quantitative estimate of drug-likeness (QED) is 0.862. The van der Waals surface area contributed by atoms with Crippen LogP contribution in [0.5, 0.6) is 0 Å². The molecule has 5 nitrogen and oxygen atoms in total. The summed E-state index contributed by atoms with van der Waals surface area (Å²) in [5.41, 5.74) is 0. The Balaban J connectivity index is 1.82.